The first-order chi connectivity index (χ1) is 16.4. The van der Waals surface area contributed by atoms with E-state index in [4.69, 9.17) is 4.74 Å². The number of carbonyl (C=O) groups is 2. The Morgan fingerprint density at radius 3 is 2.57 bits per heavy atom. The minimum absolute atomic E-state index is 0.129. The van der Waals surface area contributed by atoms with Crippen LogP contribution in [0.5, 0.6) is 0 Å². The lowest BCUT2D eigenvalue weighted by Gasteiger charge is -2.30. The molecule has 3 heterocycles. The van der Waals surface area contributed by atoms with Gasteiger partial charge in [0.2, 0.25) is 0 Å². The third-order valence-electron chi connectivity index (χ3n) is 6.05. The molecule has 2 amide bonds. The zero-order valence-corrected chi connectivity index (χ0v) is 21.7. The number of thioether (sulfide) groups is 1. The summed E-state index contributed by atoms with van der Waals surface area (Å²) < 4.78 is 46.6. The SMILES string of the molecule is CC(C)(C)OC(=O)C1=C(NC(=O)NCc2c(C(F)(F)F)sc3c2CCNC3)SCC2=C1CCCC2. The number of amides is 2. The number of carbonyl (C=O) groups excluding carboxylic acids is 2. The summed E-state index contributed by atoms with van der Waals surface area (Å²) in [5.74, 6) is 0.175. The first-order valence-corrected chi connectivity index (χ1v) is 13.5. The molecule has 0 spiro atoms. The highest BCUT2D eigenvalue weighted by Gasteiger charge is 2.38. The number of hydrogen-bond acceptors (Lipinski definition) is 6. The van der Waals surface area contributed by atoms with Crippen LogP contribution in [0.3, 0.4) is 0 Å². The van der Waals surface area contributed by atoms with Gasteiger partial charge in [0.05, 0.1) is 10.6 Å². The number of alkyl halides is 3. The van der Waals surface area contributed by atoms with Gasteiger partial charge < -0.3 is 20.7 Å². The molecular weight excluding hydrogens is 499 g/mol. The van der Waals surface area contributed by atoms with E-state index in [1.807, 2.05) is 0 Å². The van der Waals surface area contributed by atoms with Gasteiger partial charge >= 0.3 is 18.2 Å². The number of esters is 1. The molecule has 0 unspecified atom stereocenters. The van der Waals surface area contributed by atoms with Crippen LogP contribution in [0.1, 0.15) is 67.3 Å². The number of halogens is 3. The molecule has 0 fully saturated rings. The number of ether oxygens (including phenoxy) is 1. The van der Waals surface area contributed by atoms with Crippen molar-refractivity contribution in [2.75, 3.05) is 12.3 Å². The summed E-state index contributed by atoms with van der Waals surface area (Å²) in [6, 6.07) is -0.643. The van der Waals surface area contributed by atoms with E-state index >= 15 is 0 Å². The summed E-state index contributed by atoms with van der Waals surface area (Å²) in [6.07, 6.45) is -0.333. The fraction of sp³-hybridized carbons (Fsp3) is 0.583. The Hall–Kier alpha value is -1.98. The standard InChI is InChI=1S/C24H30F3N3O3S2/c1-23(2,3)33-21(31)18-14-7-5-4-6-13(14)12-34-20(18)30-22(32)29-10-16-15-8-9-28-11-17(15)35-19(16)24(25,26)27/h28H,4-12H2,1-3H3,(H2,29,30,32). The highest BCUT2D eigenvalue weighted by Crippen LogP contribution is 2.42. The molecule has 0 radical (unpaired) electrons. The van der Waals surface area contributed by atoms with Gasteiger partial charge in [0, 0.05) is 23.7 Å². The van der Waals surface area contributed by atoms with Gasteiger partial charge in [-0.25, -0.2) is 9.59 Å². The first-order valence-electron chi connectivity index (χ1n) is 11.7. The fourth-order valence-electron chi connectivity index (χ4n) is 4.57. The molecule has 1 aliphatic carbocycles. The number of nitrogens with one attached hydrogen (secondary N) is 3. The molecule has 0 bridgehead atoms. The summed E-state index contributed by atoms with van der Waals surface area (Å²) in [5, 5.41) is 8.82. The average molecular weight is 530 g/mol. The van der Waals surface area contributed by atoms with Crippen molar-refractivity contribution in [3.63, 3.8) is 0 Å². The van der Waals surface area contributed by atoms with Crippen LogP contribution in [0.2, 0.25) is 0 Å². The third-order valence-corrected chi connectivity index (χ3v) is 8.46. The van der Waals surface area contributed by atoms with Gasteiger partial charge in [-0.2, -0.15) is 13.2 Å². The van der Waals surface area contributed by atoms with E-state index in [2.05, 4.69) is 16.0 Å². The van der Waals surface area contributed by atoms with Gasteiger partial charge in [0.25, 0.3) is 0 Å². The minimum atomic E-state index is -4.48. The predicted molar refractivity (Wildman–Crippen MR) is 131 cm³/mol. The summed E-state index contributed by atoms with van der Waals surface area (Å²) in [7, 11) is 0. The van der Waals surface area contributed by atoms with E-state index in [1.54, 1.807) is 20.8 Å². The Kier molecular flexibility index (Phi) is 7.59. The van der Waals surface area contributed by atoms with E-state index in [-0.39, 0.29) is 12.1 Å². The Bertz CT molecular complexity index is 1080. The van der Waals surface area contributed by atoms with Crippen LogP contribution < -0.4 is 16.0 Å². The maximum absolute atomic E-state index is 13.7. The van der Waals surface area contributed by atoms with E-state index in [0.717, 1.165) is 42.6 Å². The van der Waals surface area contributed by atoms with Crippen LogP contribution in [0.15, 0.2) is 21.7 Å². The Morgan fingerprint density at radius 1 is 1.11 bits per heavy atom. The van der Waals surface area contributed by atoms with E-state index in [0.29, 0.717) is 46.3 Å². The lowest BCUT2D eigenvalue weighted by Crippen LogP contribution is -2.37. The average Bonchev–Trinajstić information content (AvgIpc) is 3.15. The second kappa shape index (κ2) is 10.2. The zero-order chi connectivity index (χ0) is 25.4. The minimum Gasteiger partial charge on any atom is -0.456 e. The lowest BCUT2D eigenvalue weighted by atomic mass is 9.87. The topological polar surface area (TPSA) is 79.5 Å². The van der Waals surface area contributed by atoms with Crippen LogP contribution in [-0.4, -0.2) is 29.9 Å². The van der Waals surface area contributed by atoms with E-state index in [1.165, 1.54) is 17.3 Å². The molecule has 3 aliphatic rings. The van der Waals surface area contributed by atoms with E-state index in [9.17, 15) is 22.8 Å². The number of hydrogen-bond donors (Lipinski definition) is 3. The number of thiophene rings is 1. The normalized spacial score (nSPS) is 18.7. The molecule has 0 saturated carbocycles. The molecule has 192 valence electrons. The second-order valence-electron chi connectivity index (χ2n) is 9.83. The molecule has 2 aliphatic heterocycles. The molecular formula is C24H30F3N3O3S2. The third kappa shape index (κ3) is 6.06. The van der Waals surface area contributed by atoms with Crippen LogP contribution >= 0.6 is 23.1 Å². The zero-order valence-electron chi connectivity index (χ0n) is 20.0. The summed E-state index contributed by atoms with van der Waals surface area (Å²) in [5.41, 5.74) is 2.59. The fourth-order valence-corrected chi connectivity index (χ4v) is 6.93. The van der Waals surface area contributed by atoms with Crippen molar-refractivity contribution in [1.29, 1.82) is 0 Å². The molecule has 0 atom stereocenters. The predicted octanol–water partition coefficient (Wildman–Crippen LogP) is 5.38. The van der Waals surface area contributed by atoms with Crippen molar-refractivity contribution in [2.24, 2.45) is 0 Å². The van der Waals surface area contributed by atoms with E-state index < -0.39 is 28.7 Å². The van der Waals surface area contributed by atoms with Gasteiger partial charge in [-0.3, -0.25) is 0 Å². The second-order valence-corrected chi connectivity index (χ2v) is 11.9. The Morgan fingerprint density at radius 2 is 1.86 bits per heavy atom. The number of rotatable bonds is 4. The molecule has 11 heteroatoms. The maximum atomic E-state index is 13.7. The summed E-state index contributed by atoms with van der Waals surface area (Å²) in [4.78, 5) is 25.9. The van der Waals surface area contributed by atoms with Crippen molar-refractivity contribution < 1.29 is 27.5 Å². The monoisotopic (exact) mass is 529 g/mol. The van der Waals surface area contributed by atoms with Crippen molar-refractivity contribution >= 4 is 35.1 Å². The number of fused-ring (bicyclic) bond motifs is 1. The lowest BCUT2D eigenvalue weighted by molar-refractivity contribution is -0.149. The summed E-state index contributed by atoms with van der Waals surface area (Å²) in [6.45, 7) is 6.11. The molecule has 1 aromatic heterocycles. The van der Waals surface area contributed by atoms with Crippen LogP contribution in [0, 0.1) is 0 Å². The van der Waals surface area contributed by atoms with Crippen molar-refractivity contribution in [1.82, 2.24) is 16.0 Å². The van der Waals surface area contributed by atoms with Crippen molar-refractivity contribution in [3.8, 4) is 0 Å². The first kappa shape index (κ1) is 26.1. The molecule has 35 heavy (non-hydrogen) atoms. The molecule has 0 aromatic carbocycles. The maximum Gasteiger partial charge on any atom is 0.425 e. The smallest absolute Gasteiger partial charge is 0.425 e. The van der Waals surface area contributed by atoms with Gasteiger partial charge in [0.15, 0.2) is 0 Å². The highest BCUT2D eigenvalue weighted by molar-refractivity contribution is 8.03. The molecule has 0 saturated heterocycles. The van der Waals surface area contributed by atoms with Crippen LogP contribution in [0.25, 0.3) is 0 Å². The molecule has 3 N–H and O–H groups in total. The van der Waals surface area contributed by atoms with Gasteiger partial charge in [-0.05, 0) is 76.1 Å². The van der Waals surface area contributed by atoms with Gasteiger partial charge in [0.1, 0.15) is 10.5 Å². The van der Waals surface area contributed by atoms with Gasteiger partial charge in [-0.15, -0.1) is 23.1 Å². The van der Waals surface area contributed by atoms with Crippen LogP contribution in [0.4, 0.5) is 18.0 Å². The summed E-state index contributed by atoms with van der Waals surface area (Å²) >= 11 is 2.09. The van der Waals surface area contributed by atoms with Crippen molar-refractivity contribution in [3.05, 3.63) is 42.6 Å². The highest BCUT2D eigenvalue weighted by atomic mass is 32.2. The van der Waals surface area contributed by atoms with Crippen LogP contribution in [-0.2, 0) is 35.2 Å². The molecule has 4 rings (SSSR count). The molecule has 6 nitrogen and oxygen atoms in total. The number of urea groups is 1. The largest absolute Gasteiger partial charge is 0.456 e. The Labute approximate surface area is 211 Å². The quantitative estimate of drug-likeness (QED) is 0.457. The Balaban J connectivity index is 1.55. The molecule has 1 aromatic rings. The van der Waals surface area contributed by atoms with Crippen molar-refractivity contribution in [2.45, 2.75) is 77.7 Å². The van der Waals surface area contributed by atoms with Gasteiger partial charge in [-0.1, -0.05) is 5.57 Å².